The molecule has 0 radical (unpaired) electrons. The fourth-order valence-corrected chi connectivity index (χ4v) is 2.46. The van der Waals surface area contributed by atoms with Crippen molar-refractivity contribution < 1.29 is 4.42 Å². The van der Waals surface area contributed by atoms with Gasteiger partial charge in [-0.2, -0.15) is 0 Å². The van der Waals surface area contributed by atoms with Crippen LogP contribution in [0.15, 0.2) is 21.3 Å². The normalized spacial score (nSPS) is 10.8. The first-order valence-electron chi connectivity index (χ1n) is 3.84. The highest BCUT2D eigenvalue weighted by Gasteiger charge is 2.08. The number of hydrogen-bond acceptors (Lipinski definition) is 3. The smallest absolute Gasteiger partial charge is 0.347 e. The summed E-state index contributed by atoms with van der Waals surface area (Å²) in [5, 5.41) is 1.06. The lowest BCUT2D eigenvalue weighted by atomic mass is 10.2. The monoisotopic (exact) mass is 321 g/mol. The number of aryl methyl sites for hydroxylation is 1. The summed E-state index contributed by atoms with van der Waals surface area (Å²) in [4.78, 5) is 15.6. The Bertz CT molecular complexity index is 559. The Balaban J connectivity index is 3.02. The average Bonchev–Trinajstić information content (AvgIpc) is 1.99. The Kier molecular flexibility index (Phi) is 2.48. The maximum absolute atomic E-state index is 11.5. The van der Waals surface area contributed by atoms with E-state index in [1.165, 1.54) is 0 Å². The van der Waals surface area contributed by atoms with Crippen LogP contribution in [0.3, 0.4) is 0 Å². The summed E-state index contributed by atoms with van der Waals surface area (Å²) in [6.45, 7) is 1.63. The third-order valence-electron chi connectivity index (χ3n) is 1.76. The van der Waals surface area contributed by atoms with Crippen LogP contribution in [-0.4, -0.2) is 4.98 Å². The second-order valence-electron chi connectivity index (χ2n) is 2.80. The predicted octanol–water partition coefficient (Wildman–Crippen LogP) is 2.75. The maximum Gasteiger partial charge on any atom is 0.347 e. The van der Waals surface area contributed by atoms with Gasteiger partial charge in [0.2, 0.25) is 0 Å². The van der Waals surface area contributed by atoms with Crippen molar-refractivity contribution in [2.75, 3.05) is 0 Å². The zero-order chi connectivity index (χ0) is 10.3. The zero-order valence-electron chi connectivity index (χ0n) is 7.17. The van der Waals surface area contributed by atoms with E-state index >= 15 is 0 Å². The molecule has 1 heterocycles. The van der Waals surface area contributed by atoms with Crippen LogP contribution in [0.4, 0.5) is 0 Å². The maximum atomic E-state index is 11.5. The number of nitrogens with zero attached hydrogens (tertiary/aromatic N) is 1. The molecule has 0 saturated carbocycles. The summed E-state index contributed by atoms with van der Waals surface area (Å²) < 4.78 is 5.65. The molecule has 1 aromatic heterocycles. The van der Waals surface area contributed by atoms with Gasteiger partial charge in [-0.05, 0) is 34.7 Å². The van der Waals surface area contributed by atoms with Gasteiger partial charge in [-0.15, -0.1) is 0 Å². The van der Waals surface area contributed by atoms with Gasteiger partial charge in [0, 0.05) is 15.5 Å². The molecule has 0 amide bonds. The molecule has 0 spiro atoms. The van der Waals surface area contributed by atoms with E-state index in [9.17, 15) is 4.79 Å². The Morgan fingerprint density at radius 1 is 1.50 bits per heavy atom. The molecule has 0 aliphatic carbocycles. The van der Waals surface area contributed by atoms with Crippen LogP contribution in [-0.2, 0) is 0 Å². The van der Waals surface area contributed by atoms with Crippen molar-refractivity contribution in [3.05, 3.63) is 37.0 Å². The van der Waals surface area contributed by atoms with Gasteiger partial charge in [0.05, 0.1) is 10.9 Å². The topological polar surface area (TPSA) is 43.1 Å². The van der Waals surface area contributed by atoms with Crippen LogP contribution < -0.4 is 5.63 Å². The standard InChI is InChI=1S/C9H5ClINO2/c1-4-12-7-3-5(10)2-6(11)8(7)9(13)14-4/h2-3H,1H3. The van der Waals surface area contributed by atoms with E-state index in [4.69, 9.17) is 16.0 Å². The molecule has 0 unspecified atom stereocenters. The second-order valence-corrected chi connectivity index (χ2v) is 4.40. The molecule has 0 N–H and O–H groups in total. The Hall–Kier alpha value is -0.620. The molecule has 2 aromatic rings. The van der Waals surface area contributed by atoms with Crippen LogP contribution in [0, 0.1) is 10.5 Å². The van der Waals surface area contributed by atoms with Gasteiger partial charge in [-0.25, -0.2) is 9.78 Å². The van der Waals surface area contributed by atoms with Crippen molar-refractivity contribution in [3.8, 4) is 0 Å². The van der Waals surface area contributed by atoms with E-state index in [0.29, 0.717) is 21.8 Å². The first-order chi connectivity index (χ1) is 6.58. The number of hydrogen-bond donors (Lipinski definition) is 0. The molecule has 0 atom stereocenters. The van der Waals surface area contributed by atoms with E-state index in [-0.39, 0.29) is 5.63 Å². The minimum atomic E-state index is -0.367. The van der Waals surface area contributed by atoms with Crippen molar-refractivity contribution >= 4 is 45.1 Å². The summed E-state index contributed by atoms with van der Waals surface area (Å²) in [6.07, 6.45) is 0. The van der Waals surface area contributed by atoms with Crippen molar-refractivity contribution in [1.29, 1.82) is 0 Å². The molecule has 3 nitrogen and oxygen atoms in total. The van der Waals surface area contributed by atoms with Crippen LogP contribution in [0.1, 0.15) is 5.89 Å². The highest BCUT2D eigenvalue weighted by atomic mass is 127. The second kappa shape index (κ2) is 3.51. The summed E-state index contributed by atoms with van der Waals surface area (Å²) in [5.41, 5.74) is 0.212. The average molecular weight is 322 g/mol. The van der Waals surface area contributed by atoms with E-state index in [0.717, 1.165) is 3.57 Å². The molecule has 0 aliphatic rings. The van der Waals surface area contributed by atoms with Crippen LogP contribution in [0.25, 0.3) is 10.9 Å². The zero-order valence-corrected chi connectivity index (χ0v) is 10.1. The Morgan fingerprint density at radius 2 is 2.21 bits per heavy atom. The van der Waals surface area contributed by atoms with E-state index < -0.39 is 0 Å². The van der Waals surface area contributed by atoms with Crippen molar-refractivity contribution in [3.63, 3.8) is 0 Å². The summed E-state index contributed by atoms with van der Waals surface area (Å²) in [6, 6.07) is 3.36. The van der Waals surface area contributed by atoms with Gasteiger partial charge in [0.25, 0.3) is 0 Å². The number of halogens is 2. The molecule has 72 valence electrons. The molecule has 14 heavy (non-hydrogen) atoms. The SMILES string of the molecule is Cc1nc2cc(Cl)cc(I)c2c(=O)o1. The minimum absolute atomic E-state index is 0.348. The van der Waals surface area contributed by atoms with Gasteiger partial charge in [-0.1, -0.05) is 11.6 Å². The minimum Gasteiger partial charge on any atom is -0.408 e. The third-order valence-corrected chi connectivity index (χ3v) is 2.83. The largest absolute Gasteiger partial charge is 0.408 e. The molecular weight excluding hydrogens is 316 g/mol. The fraction of sp³-hybridized carbons (Fsp3) is 0.111. The first kappa shape index (κ1) is 9.92. The highest BCUT2D eigenvalue weighted by molar-refractivity contribution is 14.1. The predicted molar refractivity (Wildman–Crippen MR) is 62.7 cm³/mol. The summed E-state index contributed by atoms with van der Waals surface area (Å²) in [7, 11) is 0. The number of benzene rings is 1. The van der Waals surface area contributed by atoms with Crippen molar-refractivity contribution in [2.45, 2.75) is 6.92 Å². The molecule has 0 fully saturated rings. The molecule has 0 bridgehead atoms. The lowest BCUT2D eigenvalue weighted by Crippen LogP contribution is -2.04. The molecule has 5 heteroatoms. The Morgan fingerprint density at radius 3 is 2.93 bits per heavy atom. The van der Waals surface area contributed by atoms with Crippen molar-refractivity contribution in [2.24, 2.45) is 0 Å². The van der Waals surface area contributed by atoms with Gasteiger partial charge < -0.3 is 4.42 Å². The van der Waals surface area contributed by atoms with E-state index in [1.54, 1.807) is 19.1 Å². The van der Waals surface area contributed by atoms with Crippen LogP contribution >= 0.6 is 34.2 Å². The number of fused-ring (bicyclic) bond motifs is 1. The van der Waals surface area contributed by atoms with Crippen LogP contribution in [0.5, 0.6) is 0 Å². The highest BCUT2D eigenvalue weighted by Crippen LogP contribution is 2.21. The number of aromatic nitrogens is 1. The quantitative estimate of drug-likeness (QED) is 0.701. The molecule has 0 saturated heterocycles. The van der Waals surface area contributed by atoms with Gasteiger partial charge >= 0.3 is 5.63 Å². The first-order valence-corrected chi connectivity index (χ1v) is 5.30. The molecule has 0 aliphatic heterocycles. The third kappa shape index (κ3) is 1.64. The number of rotatable bonds is 0. The van der Waals surface area contributed by atoms with Crippen molar-refractivity contribution in [1.82, 2.24) is 4.98 Å². The summed E-state index contributed by atoms with van der Waals surface area (Å²) >= 11 is 7.89. The van der Waals surface area contributed by atoms with Crippen LogP contribution in [0.2, 0.25) is 5.02 Å². The van der Waals surface area contributed by atoms with Gasteiger partial charge in [0.1, 0.15) is 0 Å². The van der Waals surface area contributed by atoms with E-state index in [2.05, 4.69) is 4.98 Å². The molecule has 2 rings (SSSR count). The Labute approximate surface area is 98.2 Å². The molecular formula is C9H5ClINO2. The lowest BCUT2D eigenvalue weighted by molar-refractivity contribution is 0.467. The fourth-order valence-electron chi connectivity index (χ4n) is 1.23. The van der Waals surface area contributed by atoms with E-state index in [1.807, 2.05) is 22.6 Å². The molecule has 1 aromatic carbocycles. The van der Waals surface area contributed by atoms with Gasteiger partial charge in [-0.3, -0.25) is 0 Å². The summed E-state index contributed by atoms with van der Waals surface area (Å²) in [5.74, 6) is 0.348. The lowest BCUT2D eigenvalue weighted by Gasteiger charge is -2.00. The van der Waals surface area contributed by atoms with Gasteiger partial charge in [0.15, 0.2) is 5.89 Å².